The maximum Gasteiger partial charge on any atom is 0.274 e. The van der Waals surface area contributed by atoms with E-state index in [4.69, 9.17) is 4.52 Å². The van der Waals surface area contributed by atoms with Gasteiger partial charge in [0.25, 0.3) is 5.91 Å². The number of amides is 1. The van der Waals surface area contributed by atoms with E-state index in [1.807, 2.05) is 0 Å². The molecule has 0 unspecified atom stereocenters. The minimum Gasteiger partial charge on any atom is -0.360 e. The van der Waals surface area contributed by atoms with Crippen LogP contribution in [0.4, 0.5) is 4.39 Å². The Hall–Kier alpha value is -2.96. The van der Waals surface area contributed by atoms with Gasteiger partial charge in [0.05, 0.1) is 6.54 Å². The van der Waals surface area contributed by atoms with E-state index in [1.165, 1.54) is 6.07 Å². The highest BCUT2D eigenvalue weighted by molar-refractivity contribution is 5.94. The van der Waals surface area contributed by atoms with E-state index >= 15 is 0 Å². The molecule has 0 spiro atoms. The zero-order chi connectivity index (χ0) is 18.4. The summed E-state index contributed by atoms with van der Waals surface area (Å²) in [5.41, 5.74) is 4.32. The zero-order valence-electron chi connectivity index (χ0n) is 14.8. The minimum atomic E-state index is -0.349. The van der Waals surface area contributed by atoms with Crippen LogP contribution in [0.2, 0.25) is 0 Å². The van der Waals surface area contributed by atoms with Crippen molar-refractivity contribution < 1.29 is 13.7 Å². The van der Waals surface area contributed by atoms with Gasteiger partial charge in [-0.05, 0) is 37.8 Å². The van der Waals surface area contributed by atoms with Crippen molar-refractivity contribution in [3.05, 3.63) is 58.4 Å². The Labute approximate surface area is 155 Å². The van der Waals surface area contributed by atoms with Crippen molar-refractivity contribution in [3.63, 3.8) is 0 Å². The first kappa shape index (κ1) is 16.2. The van der Waals surface area contributed by atoms with Crippen LogP contribution in [0.1, 0.15) is 45.9 Å². The van der Waals surface area contributed by atoms with Gasteiger partial charge in [-0.25, -0.2) is 4.39 Å². The maximum absolute atomic E-state index is 14.2. The van der Waals surface area contributed by atoms with Gasteiger partial charge in [0.1, 0.15) is 17.3 Å². The van der Waals surface area contributed by atoms with Gasteiger partial charge in [-0.2, -0.15) is 5.10 Å². The number of aromatic amines is 1. The lowest BCUT2D eigenvalue weighted by atomic mass is 9.95. The van der Waals surface area contributed by atoms with Gasteiger partial charge in [-0.15, -0.1) is 0 Å². The fraction of sp³-hybridized carbons (Fsp3) is 0.350. The molecule has 5 rings (SSSR count). The lowest BCUT2D eigenvalue weighted by Gasteiger charge is -2.26. The number of benzene rings is 1. The number of H-pyrrole nitrogens is 1. The molecule has 0 radical (unpaired) electrons. The van der Waals surface area contributed by atoms with Crippen LogP contribution in [0.3, 0.4) is 0 Å². The van der Waals surface area contributed by atoms with Gasteiger partial charge >= 0.3 is 0 Å². The number of hydrogen-bond donors (Lipinski definition) is 1. The highest BCUT2D eigenvalue weighted by atomic mass is 19.1. The van der Waals surface area contributed by atoms with E-state index < -0.39 is 0 Å². The predicted octanol–water partition coefficient (Wildman–Crippen LogP) is 3.28. The van der Waals surface area contributed by atoms with Crippen molar-refractivity contribution in [1.82, 2.24) is 20.3 Å². The number of hydrogen-bond acceptors (Lipinski definition) is 4. The van der Waals surface area contributed by atoms with Crippen molar-refractivity contribution >= 4 is 5.91 Å². The quantitative estimate of drug-likeness (QED) is 0.755. The maximum atomic E-state index is 14.2. The topological polar surface area (TPSA) is 75.0 Å². The van der Waals surface area contributed by atoms with Crippen molar-refractivity contribution in [2.24, 2.45) is 0 Å². The molecule has 2 aromatic heterocycles. The molecule has 0 saturated heterocycles. The molecule has 7 heteroatoms. The molecule has 6 nitrogen and oxygen atoms in total. The molecule has 1 amide bonds. The SMILES string of the molecule is O=C(c1n[nH]c2c1CCCC2)N1CCc2onc(-c3ccccc3F)c2C1. The Kier molecular flexibility index (Phi) is 3.81. The number of carbonyl (C=O) groups excluding carboxylic acids is 1. The monoisotopic (exact) mass is 366 g/mol. The molecule has 3 heterocycles. The predicted molar refractivity (Wildman–Crippen MR) is 95.6 cm³/mol. The van der Waals surface area contributed by atoms with Crippen LogP contribution in [-0.4, -0.2) is 32.7 Å². The van der Waals surface area contributed by atoms with E-state index in [1.54, 1.807) is 23.1 Å². The second kappa shape index (κ2) is 6.33. The van der Waals surface area contributed by atoms with Gasteiger partial charge in [-0.3, -0.25) is 9.89 Å². The van der Waals surface area contributed by atoms with E-state index in [2.05, 4.69) is 15.4 Å². The molecular weight excluding hydrogens is 347 g/mol. The van der Waals surface area contributed by atoms with E-state index in [9.17, 15) is 9.18 Å². The minimum absolute atomic E-state index is 0.0827. The molecular formula is C20H19FN4O2. The van der Waals surface area contributed by atoms with Gasteiger partial charge in [0.2, 0.25) is 0 Å². The lowest BCUT2D eigenvalue weighted by molar-refractivity contribution is 0.0722. The molecule has 0 bridgehead atoms. The highest BCUT2D eigenvalue weighted by Crippen LogP contribution is 2.32. The van der Waals surface area contributed by atoms with Crippen molar-refractivity contribution in [1.29, 1.82) is 0 Å². The van der Waals surface area contributed by atoms with Gasteiger partial charge < -0.3 is 9.42 Å². The summed E-state index contributed by atoms with van der Waals surface area (Å²) in [6, 6.07) is 6.49. The molecule has 138 valence electrons. The molecule has 1 aliphatic carbocycles. The fourth-order valence-electron chi connectivity index (χ4n) is 4.05. The molecule has 0 fully saturated rings. The Bertz CT molecular complexity index is 1020. The average molecular weight is 366 g/mol. The molecule has 1 N–H and O–H groups in total. The lowest BCUT2D eigenvalue weighted by Crippen LogP contribution is -2.36. The summed E-state index contributed by atoms with van der Waals surface area (Å²) >= 11 is 0. The molecule has 3 aromatic rings. The number of halogens is 1. The molecule has 2 aliphatic rings. The first-order valence-corrected chi connectivity index (χ1v) is 9.30. The molecule has 1 aromatic carbocycles. The van der Waals surface area contributed by atoms with E-state index in [-0.39, 0.29) is 11.7 Å². The molecule has 0 atom stereocenters. The number of nitrogens with zero attached hydrogens (tertiary/aromatic N) is 3. The number of aryl methyl sites for hydroxylation is 1. The van der Waals surface area contributed by atoms with Crippen LogP contribution in [0.5, 0.6) is 0 Å². The van der Waals surface area contributed by atoms with Crippen LogP contribution in [0.15, 0.2) is 28.8 Å². The summed E-state index contributed by atoms with van der Waals surface area (Å²) in [7, 11) is 0. The molecule has 0 saturated carbocycles. The summed E-state index contributed by atoms with van der Waals surface area (Å²) in [6.45, 7) is 0.891. The fourth-order valence-corrected chi connectivity index (χ4v) is 4.05. The third kappa shape index (κ3) is 2.65. The largest absolute Gasteiger partial charge is 0.360 e. The van der Waals surface area contributed by atoms with Crippen molar-refractivity contribution in [3.8, 4) is 11.3 Å². The van der Waals surface area contributed by atoms with E-state index in [0.717, 1.165) is 48.3 Å². The Morgan fingerprint density at radius 1 is 1.15 bits per heavy atom. The summed E-state index contributed by atoms with van der Waals surface area (Å²) in [4.78, 5) is 14.9. The second-order valence-corrected chi connectivity index (χ2v) is 7.13. The first-order valence-electron chi connectivity index (χ1n) is 9.30. The molecule has 1 aliphatic heterocycles. The Balaban J connectivity index is 1.46. The Morgan fingerprint density at radius 2 is 2.00 bits per heavy atom. The average Bonchev–Trinajstić information content (AvgIpc) is 3.31. The highest BCUT2D eigenvalue weighted by Gasteiger charge is 2.31. The van der Waals surface area contributed by atoms with Gasteiger partial charge in [0.15, 0.2) is 5.69 Å². The zero-order valence-corrected chi connectivity index (χ0v) is 14.8. The van der Waals surface area contributed by atoms with E-state index in [0.29, 0.717) is 36.5 Å². The first-order chi connectivity index (χ1) is 13.2. The third-order valence-corrected chi connectivity index (χ3v) is 5.50. The molecule has 27 heavy (non-hydrogen) atoms. The standard InChI is InChI=1S/C20H19FN4O2/c21-15-7-3-1-5-12(15)18-14-11-25(10-9-17(14)27-24-18)20(26)19-13-6-2-4-8-16(13)22-23-19/h1,3,5,7H,2,4,6,8-11H2,(H,22,23). The number of aromatic nitrogens is 3. The Morgan fingerprint density at radius 3 is 2.89 bits per heavy atom. The summed E-state index contributed by atoms with van der Waals surface area (Å²) in [5.74, 6) is 0.292. The smallest absolute Gasteiger partial charge is 0.274 e. The van der Waals surface area contributed by atoms with Crippen LogP contribution in [0.25, 0.3) is 11.3 Å². The van der Waals surface area contributed by atoms with Crippen molar-refractivity contribution in [2.75, 3.05) is 6.54 Å². The summed E-state index contributed by atoms with van der Waals surface area (Å²) in [5, 5.41) is 11.4. The number of rotatable bonds is 2. The van der Waals surface area contributed by atoms with Gasteiger partial charge in [0, 0.05) is 35.3 Å². The number of nitrogens with one attached hydrogen (secondary N) is 1. The summed E-state index contributed by atoms with van der Waals surface area (Å²) < 4.78 is 19.6. The summed E-state index contributed by atoms with van der Waals surface area (Å²) in [6.07, 6.45) is 4.61. The van der Waals surface area contributed by atoms with Crippen LogP contribution < -0.4 is 0 Å². The number of carbonyl (C=O) groups is 1. The third-order valence-electron chi connectivity index (χ3n) is 5.50. The second-order valence-electron chi connectivity index (χ2n) is 7.13. The van der Waals surface area contributed by atoms with Crippen LogP contribution >= 0.6 is 0 Å². The van der Waals surface area contributed by atoms with Crippen molar-refractivity contribution in [2.45, 2.75) is 38.6 Å². The number of fused-ring (bicyclic) bond motifs is 2. The van der Waals surface area contributed by atoms with Crippen LogP contribution in [-0.2, 0) is 25.8 Å². The normalized spacial score (nSPS) is 16.1. The van der Waals surface area contributed by atoms with Gasteiger partial charge in [-0.1, -0.05) is 17.3 Å². The van der Waals surface area contributed by atoms with Crippen LogP contribution in [0, 0.1) is 5.82 Å².